The molecular weight excluding hydrogens is 287 g/mol. The van der Waals surface area contributed by atoms with Crippen LogP contribution < -0.4 is 0 Å². The number of rotatable bonds is 9. The highest BCUT2D eigenvalue weighted by molar-refractivity contribution is 6.42. The van der Waals surface area contributed by atoms with Crippen LogP contribution in [0.2, 0.25) is 0 Å². The monoisotopic (exact) mass is 312 g/mol. The molecule has 0 unspecified atom stereocenters. The van der Waals surface area contributed by atoms with Gasteiger partial charge in [-0.3, -0.25) is 9.98 Å². The minimum atomic E-state index is 0.194. The number of alkyl halides is 2. The van der Waals surface area contributed by atoms with Crippen molar-refractivity contribution in [2.45, 2.75) is 26.2 Å². The Kier molecular flexibility index (Phi) is 19.9. The number of halogens is 2. The number of nitrogens with zero attached hydrogens (tertiary/aromatic N) is 2. The largest absolute Gasteiger partial charge is 0.382 e. The third kappa shape index (κ3) is 14.1. The summed E-state index contributed by atoms with van der Waals surface area (Å²) in [6.07, 6.45) is 2.85. The van der Waals surface area contributed by atoms with Crippen molar-refractivity contribution in [3.63, 3.8) is 0 Å². The van der Waals surface area contributed by atoms with Gasteiger partial charge >= 0.3 is 0 Å². The van der Waals surface area contributed by atoms with Gasteiger partial charge in [-0.25, -0.2) is 0 Å². The summed E-state index contributed by atoms with van der Waals surface area (Å²) in [6.45, 7) is 4.18. The highest BCUT2D eigenvalue weighted by Gasteiger charge is 2.04. The van der Waals surface area contributed by atoms with Gasteiger partial charge in [0.25, 0.3) is 0 Å². The first-order chi connectivity index (χ1) is 9.21. The molecule has 0 amide bonds. The van der Waals surface area contributed by atoms with Crippen LogP contribution in [0.15, 0.2) is 9.98 Å². The summed E-state index contributed by atoms with van der Waals surface area (Å²) in [5, 5.41) is 0.194. The van der Waals surface area contributed by atoms with E-state index in [1.807, 2.05) is 14.1 Å². The summed E-state index contributed by atoms with van der Waals surface area (Å²) in [6, 6.07) is 0. The molecule has 6 heteroatoms. The van der Waals surface area contributed by atoms with E-state index in [0.29, 0.717) is 13.2 Å². The normalized spacial score (nSPS) is 12.1. The lowest BCUT2D eigenvalue weighted by Crippen LogP contribution is -2.14. The standard InChI is InChI=1S/C12H24N2O2.CH2Cl2/c1-5-11(13-2)12(14-3)7-6-8-16-10-9-15-4;2-1-3/h5-10H2,1-4H3;1H2. The second-order valence-corrected chi connectivity index (χ2v) is 4.31. The van der Waals surface area contributed by atoms with Gasteiger partial charge in [-0.1, -0.05) is 6.92 Å². The van der Waals surface area contributed by atoms with E-state index in [4.69, 9.17) is 32.7 Å². The molecule has 0 bridgehead atoms. The van der Waals surface area contributed by atoms with Crippen LogP contribution in [-0.4, -0.2) is 57.8 Å². The lowest BCUT2D eigenvalue weighted by Gasteiger charge is -2.07. The second kappa shape index (κ2) is 17.8. The van der Waals surface area contributed by atoms with Crippen molar-refractivity contribution >= 4 is 34.6 Å². The van der Waals surface area contributed by atoms with Gasteiger partial charge < -0.3 is 9.47 Å². The minimum Gasteiger partial charge on any atom is -0.382 e. The topological polar surface area (TPSA) is 43.2 Å². The van der Waals surface area contributed by atoms with Gasteiger partial charge in [0.1, 0.15) is 0 Å². The quantitative estimate of drug-likeness (QED) is 0.372. The van der Waals surface area contributed by atoms with Crippen LogP contribution in [0.1, 0.15) is 26.2 Å². The van der Waals surface area contributed by atoms with E-state index in [0.717, 1.165) is 37.3 Å². The van der Waals surface area contributed by atoms with Crippen LogP contribution in [0, 0.1) is 0 Å². The van der Waals surface area contributed by atoms with Crippen molar-refractivity contribution in [2.75, 3.05) is 46.4 Å². The fourth-order valence-electron chi connectivity index (χ4n) is 1.46. The van der Waals surface area contributed by atoms with Crippen molar-refractivity contribution < 1.29 is 9.47 Å². The fraction of sp³-hybridized carbons (Fsp3) is 0.846. The van der Waals surface area contributed by atoms with Gasteiger partial charge in [0.05, 0.1) is 30.0 Å². The minimum absolute atomic E-state index is 0.194. The zero-order valence-electron chi connectivity index (χ0n) is 12.4. The Morgan fingerprint density at radius 2 is 1.58 bits per heavy atom. The number of ether oxygens (including phenoxy) is 2. The summed E-state index contributed by atoms with van der Waals surface area (Å²) in [7, 11) is 5.32. The molecule has 0 aromatic heterocycles. The maximum absolute atomic E-state index is 5.40. The average molecular weight is 313 g/mol. The maximum atomic E-state index is 5.40. The lowest BCUT2D eigenvalue weighted by molar-refractivity contribution is 0.0701. The first-order valence-electron chi connectivity index (χ1n) is 6.31. The van der Waals surface area contributed by atoms with Gasteiger partial charge in [-0.15, -0.1) is 23.2 Å². The van der Waals surface area contributed by atoms with E-state index in [-0.39, 0.29) is 5.34 Å². The van der Waals surface area contributed by atoms with Crippen LogP contribution >= 0.6 is 23.2 Å². The lowest BCUT2D eigenvalue weighted by atomic mass is 10.1. The SMILES string of the molecule is CCC(=NC)C(CCCOCCOC)=NC.ClCCl. The van der Waals surface area contributed by atoms with Crippen molar-refractivity contribution in [2.24, 2.45) is 9.98 Å². The molecule has 19 heavy (non-hydrogen) atoms. The van der Waals surface area contributed by atoms with Gasteiger partial charge in [0.2, 0.25) is 0 Å². The summed E-state index contributed by atoms with van der Waals surface area (Å²) in [5.41, 5.74) is 2.19. The highest BCUT2D eigenvalue weighted by Crippen LogP contribution is 2.00. The Hall–Kier alpha value is -0.160. The fourth-order valence-corrected chi connectivity index (χ4v) is 1.46. The molecule has 0 rings (SSSR count). The molecule has 0 fully saturated rings. The number of hydrogen-bond donors (Lipinski definition) is 0. The first-order valence-corrected chi connectivity index (χ1v) is 7.38. The molecule has 0 N–H and O–H groups in total. The van der Waals surface area contributed by atoms with E-state index in [9.17, 15) is 0 Å². The van der Waals surface area contributed by atoms with Crippen LogP contribution in [-0.2, 0) is 9.47 Å². The van der Waals surface area contributed by atoms with Crippen LogP contribution in [0.25, 0.3) is 0 Å². The van der Waals surface area contributed by atoms with E-state index in [1.54, 1.807) is 7.11 Å². The average Bonchev–Trinajstić information content (AvgIpc) is 2.42. The first kappa shape index (κ1) is 21.1. The van der Waals surface area contributed by atoms with E-state index in [1.165, 1.54) is 0 Å². The van der Waals surface area contributed by atoms with Crippen molar-refractivity contribution in [3.05, 3.63) is 0 Å². The molecule has 0 aliphatic rings. The summed E-state index contributed by atoms with van der Waals surface area (Å²) < 4.78 is 10.3. The molecule has 0 atom stereocenters. The molecular formula is C13H26Cl2N2O2. The highest BCUT2D eigenvalue weighted by atomic mass is 35.5. The van der Waals surface area contributed by atoms with E-state index >= 15 is 0 Å². The molecule has 0 radical (unpaired) electrons. The molecule has 0 saturated heterocycles. The molecule has 0 heterocycles. The van der Waals surface area contributed by atoms with Crippen molar-refractivity contribution in [3.8, 4) is 0 Å². The predicted molar refractivity (Wildman–Crippen MR) is 85.5 cm³/mol. The van der Waals surface area contributed by atoms with E-state index < -0.39 is 0 Å². The van der Waals surface area contributed by atoms with Crippen LogP contribution in [0.3, 0.4) is 0 Å². The molecule has 0 aromatic carbocycles. The van der Waals surface area contributed by atoms with E-state index in [2.05, 4.69) is 16.9 Å². The molecule has 114 valence electrons. The third-order valence-corrected chi connectivity index (χ3v) is 2.34. The predicted octanol–water partition coefficient (Wildman–Crippen LogP) is 3.40. The molecule has 4 nitrogen and oxygen atoms in total. The summed E-state index contributed by atoms with van der Waals surface area (Å²) in [4.78, 5) is 8.50. The Balaban J connectivity index is 0. The molecule has 0 aliphatic heterocycles. The molecule has 0 aromatic rings. The van der Waals surface area contributed by atoms with Crippen molar-refractivity contribution in [1.82, 2.24) is 0 Å². The van der Waals surface area contributed by atoms with Gasteiger partial charge in [-0.2, -0.15) is 0 Å². The second-order valence-electron chi connectivity index (χ2n) is 3.50. The maximum Gasteiger partial charge on any atom is 0.0967 e. The Morgan fingerprint density at radius 3 is 2.00 bits per heavy atom. The zero-order chi connectivity index (χ0) is 14.9. The molecule has 0 aliphatic carbocycles. The number of methoxy groups -OCH3 is 1. The summed E-state index contributed by atoms with van der Waals surface area (Å²) >= 11 is 9.53. The summed E-state index contributed by atoms with van der Waals surface area (Å²) in [5.74, 6) is 0. The Labute approximate surface area is 127 Å². The van der Waals surface area contributed by atoms with Gasteiger partial charge in [-0.05, 0) is 19.3 Å². The van der Waals surface area contributed by atoms with Crippen LogP contribution in [0.5, 0.6) is 0 Å². The Morgan fingerprint density at radius 1 is 1.00 bits per heavy atom. The number of hydrogen-bond acceptors (Lipinski definition) is 4. The van der Waals surface area contributed by atoms with Gasteiger partial charge in [0, 0.05) is 27.8 Å². The van der Waals surface area contributed by atoms with Crippen LogP contribution in [0.4, 0.5) is 0 Å². The molecule has 0 spiro atoms. The Bertz CT molecular complexity index is 247. The van der Waals surface area contributed by atoms with Crippen molar-refractivity contribution in [1.29, 1.82) is 0 Å². The van der Waals surface area contributed by atoms with Gasteiger partial charge in [0.15, 0.2) is 0 Å². The molecule has 0 saturated carbocycles. The number of aliphatic imine (C=N–C) groups is 2. The zero-order valence-corrected chi connectivity index (χ0v) is 13.9. The smallest absolute Gasteiger partial charge is 0.0967 e. The third-order valence-electron chi connectivity index (χ3n) is 2.34.